The third-order valence-corrected chi connectivity index (χ3v) is 2.91. The Hall–Kier alpha value is -2.29. The van der Waals surface area contributed by atoms with Crippen molar-refractivity contribution in [2.45, 2.75) is 20.3 Å². The first-order chi connectivity index (χ1) is 9.74. The number of hydrogen-bond acceptors (Lipinski definition) is 3. The van der Waals surface area contributed by atoms with E-state index >= 15 is 0 Å². The smallest absolute Gasteiger partial charge is 0.0896 e. The van der Waals surface area contributed by atoms with Gasteiger partial charge in [0, 0.05) is 13.2 Å². The van der Waals surface area contributed by atoms with Crippen LogP contribution in [0.5, 0.6) is 0 Å². The maximum atomic E-state index is 4.68. The molecule has 102 valence electrons. The average Bonchev–Trinajstić information content (AvgIpc) is 2.48. The van der Waals surface area contributed by atoms with Crippen LogP contribution in [0.2, 0.25) is 0 Å². The van der Waals surface area contributed by atoms with Gasteiger partial charge in [-0.3, -0.25) is 9.98 Å². The normalized spacial score (nSPS) is 12.1. The van der Waals surface area contributed by atoms with Crippen molar-refractivity contribution in [1.29, 1.82) is 0 Å². The van der Waals surface area contributed by atoms with Gasteiger partial charge in [0.05, 0.1) is 22.8 Å². The van der Waals surface area contributed by atoms with Crippen molar-refractivity contribution in [1.82, 2.24) is 9.97 Å². The summed E-state index contributed by atoms with van der Waals surface area (Å²) in [4.78, 5) is 13.4. The minimum absolute atomic E-state index is 0.881. The first-order valence-electron chi connectivity index (χ1n) is 6.78. The summed E-state index contributed by atoms with van der Waals surface area (Å²) in [5, 5.41) is 0. The Labute approximate surface area is 120 Å². The number of pyridine rings is 2. The molecule has 3 heteroatoms. The highest BCUT2D eigenvalue weighted by molar-refractivity contribution is 6.07. The molecule has 0 amide bonds. The Morgan fingerprint density at radius 1 is 1.25 bits per heavy atom. The molecule has 0 unspecified atom stereocenters. The van der Waals surface area contributed by atoms with Gasteiger partial charge in [0.15, 0.2) is 0 Å². The summed E-state index contributed by atoms with van der Waals surface area (Å²) in [6.45, 7) is 4.17. The zero-order valence-corrected chi connectivity index (χ0v) is 12.2. The van der Waals surface area contributed by atoms with Crippen LogP contribution in [0.15, 0.2) is 53.7 Å². The molecule has 0 aromatic carbocycles. The Kier molecular flexibility index (Phi) is 4.77. The minimum atomic E-state index is 0.881. The van der Waals surface area contributed by atoms with Crippen LogP contribution in [0, 0.1) is 6.92 Å². The first kappa shape index (κ1) is 14.1. The third kappa shape index (κ3) is 3.38. The molecule has 20 heavy (non-hydrogen) atoms. The molecule has 0 saturated carbocycles. The summed E-state index contributed by atoms with van der Waals surface area (Å²) in [7, 11) is 1.79. The lowest BCUT2D eigenvalue weighted by Gasteiger charge is -2.06. The number of nitrogens with zero attached hydrogens (tertiary/aromatic N) is 3. The van der Waals surface area contributed by atoms with Crippen LogP contribution < -0.4 is 0 Å². The van der Waals surface area contributed by atoms with E-state index in [0.717, 1.165) is 34.8 Å². The number of aryl methyl sites for hydroxylation is 1. The molecule has 0 aliphatic carbocycles. The van der Waals surface area contributed by atoms with E-state index < -0.39 is 0 Å². The van der Waals surface area contributed by atoms with Gasteiger partial charge < -0.3 is 0 Å². The van der Waals surface area contributed by atoms with Gasteiger partial charge in [-0.2, -0.15) is 0 Å². The number of aromatic nitrogens is 2. The van der Waals surface area contributed by atoms with Gasteiger partial charge in [-0.25, -0.2) is 4.98 Å². The Morgan fingerprint density at radius 2 is 2.10 bits per heavy atom. The molecule has 0 radical (unpaired) electrons. The summed E-state index contributed by atoms with van der Waals surface area (Å²) in [6.07, 6.45) is 6.87. The second kappa shape index (κ2) is 6.75. The highest BCUT2D eigenvalue weighted by atomic mass is 14.8. The molecule has 2 aromatic rings. The van der Waals surface area contributed by atoms with Crippen LogP contribution in [-0.4, -0.2) is 22.7 Å². The molecular formula is C17H19N3. The van der Waals surface area contributed by atoms with E-state index in [1.807, 2.05) is 30.3 Å². The van der Waals surface area contributed by atoms with Crippen LogP contribution in [0.1, 0.15) is 24.6 Å². The van der Waals surface area contributed by atoms with Crippen LogP contribution in [-0.2, 0) is 0 Å². The van der Waals surface area contributed by atoms with E-state index in [4.69, 9.17) is 0 Å². The zero-order chi connectivity index (χ0) is 14.4. The monoisotopic (exact) mass is 265 g/mol. The molecule has 0 saturated heterocycles. The second-order valence-electron chi connectivity index (χ2n) is 4.55. The van der Waals surface area contributed by atoms with Crippen molar-refractivity contribution < 1.29 is 0 Å². The Bertz CT molecular complexity index is 628. The van der Waals surface area contributed by atoms with Gasteiger partial charge in [-0.15, -0.1) is 0 Å². The lowest BCUT2D eigenvalue weighted by Crippen LogP contribution is -2.03. The molecule has 2 rings (SSSR count). The number of allylic oxidation sites excluding steroid dienone is 2. The fourth-order valence-corrected chi connectivity index (χ4v) is 1.95. The maximum Gasteiger partial charge on any atom is 0.0896 e. The predicted molar refractivity (Wildman–Crippen MR) is 84.1 cm³/mol. The molecule has 3 nitrogen and oxygen atoms in total. The fraction of sp³-hybridized carbons (Fsp3) is 0.235. The Balaban J connectivity index is 2.46. The van der Waals surface area contributed by atoms with Crippen molar-refractivity contribution >= 4 is 5.71 Å². The average molecular weight is 265 g/mol. The SMILES string of the molecule is CC/C=C\C(=NC)c1cc(C)cc(-c2ccccn2)n1. The minimum Gasteiger partial charge on any atom is -0.286 e. The summed E-state index contributed by atoms with van der Waals surface area (Å²) in [5.74, 6) is 0. The fourth-order valence-electron chi connectivity index (χ4n) is 1.95. The van der Waals surface area contributed by atoms with Crippen molar-refractivity contribution in [3.8, 4) is 11.4 Å². The van der Waals surface area contributed by atoms with Gasteiger partial charge in [-0.1, -0.05) is 19.1 Å². The Morgan fingerprint density at radius 3 is 2.75 bits per heavy atom. The molecule has 0 spiro atoms. The van der Waals surface area contributed by atoms with Crippen LogP contribution in [0.25, 0.3) is 11.4 Å². The van der Waals surface area contributed by atoms with E-state index in [1.54, 1.807) is 13.2 Å². The molecule has 2 heterocycles. The van der Waals surface area contributed by atoms with Crippen molar-refractivity contribution in [3.05, 3.63) is 59.9 Å². The van der Waals surface area contributed by atoms with Crippen molar-refractivity contribution in [2.75, 3.05) is 7.05 Å². The quantitative estimate of drug-likeness (QED) is 0.788. The summed E-state index contributed by atoms with van der Waals surface area (Å²) < 4.78 is 0. The van der Waals surface area contributed by atoms with Crippen LogP contribution >= 0.6 is 0 Å². The number of aliphatic imine (C=N–C) groups is 1. The van der Waals surface area contributed by atoms with E-state index in [2.05, 4.69) is 41.0 Å². The molecule has 0 aliphatic heterocycles. The van der Waals surface area contributed by atoms with Gasteiger partial charge in [0.1, 0.15) is 0 Å². The highest BCUT2D eigenvalue weighted by Gasteiger charge is 2.07. The van der Waals surface area contributed by atoms with E-state index in [9.17, 15) is 0 Å². The lowest BCUT2D eigenvalue weighted by atomic mass is 10.1. The topological polar surface area (TPSA) is 38.1 Å². The van der Waals surface area contributed by atoms with Gasteiger partial charge in [-0.05, 0) is 49.2 Å². The van der Waals surface area contributed by atoms with Crippen LogP contribution in [0.4, 0.5) is 0 Å². The van der Waals surface area contributed by atoms with E-state index in [-0.39, 0.29) is 0 Å². The third-order valence-electron chi connectivity index (χ3n) is 2.91. The standard InChI is InChI=1S/C17H19N3/c1-4-5-8-14(18-3)16-11-13(2)12-17(20-16)15-9-6-7-10-19-15/h5-12H,4H2,1-3H3/b8-5-,18-14?. The molecule has 0 fully saturated rings. The van der Waals surface area contributed by atoms with E-state index in [1.165, 1.54) is 0 Å². The highest BCUT2D eigenvalue weighted by Crippen LogP contribution is 2.17. The zero-order valence-electron chi connectivity index (χ0n) is 12.2. The molecule has 0 atom stereocenters. The summed E-state index contributed by atoms with van der Waals surface area (Å²) in [5.41, 5.74) is 4.70. The van der Waals surface area contributed by atoms with E-state index in [0.29, 0.717) is 0 Å². The number of rotatable bonds is 4. The van der Waals surface area contributed by atoms with Crippen molar-refractivity contribution in [3.63, 3.8) is 0 Å². The lowest BCUT2D eigenvalue weighted by molar-refractivity contribution is 1.20. The van der Waals surface area contributed by atoms with Crippen LogP contribution in [0.3, 0.4) is 0 Å². The molecule has 0 aliphatic rings. The predicted octanol–water partition coefficient (Wildman–Crippen LogP) is 3.84. The summed E-state index contributed by atoms with van der Waals surface area (Å²) >= 11 is 0. The first-order valence-corrected chi connectivity index (χ1v) is 6.78. The van der Waals surface area contributed by atoms with Crippen molar-refractivity contribution in [2.24, 2.45) is 4.99 Å². The molecule has 2 aromatic heterocycles. The second-order valence-corrected chi connectivity index (χ2v) is 4.55. The molecule has 0 bridgehead atoms. The summed E-state index contributed by atoms with van der Waals surface area (Å²) in [6, 6.07) is 9.94. The largest absolute Gasteiger partial charge is 0.286 e. The maximum absolute atomic E-state index is 4.68. The number of hydrogen-bond donors (Lipinski definition) is 0. The van der Waals surface area contributed by atoms with Gasteiger partial charge >= 0.3 is 0 Å². The van der Waals surface area contributed by atoms with Gasteiger partial charge in [0.25, 0.3) is 0 Å². The van der Waals surface area contributed by atoms with Gasteiger partial charge in [0.2, 0.25) is 0 Å². The molecule has 0 N–H and O–H groups in total. The molecular weight excluding hydrogens is 246 g/mol.